The second kappa shape index (κ2) is 9.13. The van der Waals surface area contributed by atoms with Crippen LogP contribution in [0.3, 0.4) is 0 Å². The molecular formula is C26H23N3O3S. The number of aliphatic hydroxyl groups excluding tert-OH is 1. The number of thiazole rings is 1. The van der Waals surface area contributed by atoms with Gasteiger partial charge in [0.2, 0.25) is 5.91 Å². The summed E-state index contributed by atoms with van der Waals surface area (Å²) in [5.41, 5.74) is 1.20. The lowest BCUT2D eigenvalue weighted by atomic mass is 9.90. The maximum atomic E-state index is 12.4. The number of aryl methyl sites for hydroxylation is 1. The van der Waals surface area contributed by atoms with Crippen molar-refractivity contribution in [1.82, 2.24) is 10.3 Å². The van der Waals surface area contributed by atoms with Gasteiger partial charge in [-0.1, -0.05) is 54.6 Å². The van der Waals surface area contributed by atoms with E-state index >= 15 is 0 Å². The molecule has 1 aromatic heterocycles. The van der Waals surface area contributed by atoms with E-state index in [1.54, 1.807) is 11.6 Å². The number of nitrogens with zero attached hydrogens (tertiary/aromatic N) is 1. The van der Waals surface area contributed by atoms with Gasteiger partial charge in [-0.2, -0.15) is 0 Å². The van der Waals surface area contributed by atoms with Crippen molar-refractivity contribution < 1.29 is 14.7 Å². The number of amides is 2. The summed E-state index contributed by atoms with van der Waals surface area (Å²) in [6.07, 6.45) is 3.23. The highest BCUT2D eigenvalue weighted by molar-refractivity contribution is 7.13. The predicted octanol–water partition coefficient (Wildman–Crippen LogP) is 4.48. The maximum absolute atomic E-state index is 12.4. The van der Waals surface area contributed by atoms with Gasteiger partial charge in [0.1, 0.15) is 6.04 Å². The third-order valence-electron chi connectivity index (χ3n) is 5.97. The molecular weight excluding hydrogens is 434 g/mol. The highest BCUT2D eigenvalue weighted by atomic mass is 32.1. The number of rotatable bonds is 8. The van der Waals surface area contributed by atoms with Crippen LogP contribution in [-0.2, 0) is 16.0 Å². The third kappa shape index (κ3) is 4.25. The molecule has 0 bridgehead atoms. The minimum absolute atomic E-state index is 0.263. The molecule has 0 fully saturated rings. The lowest BCUT2D eigenvalue weighted by Gasteiger charge is -2.16. The lowest BCUT2D eigenvalue weighted by Crippen LogP contribution is -2.46. The number of anilines is 1. The number of carbonyl (C=O) groups is 2. The smallest absolute Gasteiger partial charge is 0.251 e. The summed E-state index contributed by atoms with van der Waals surface area (Å²) in [5.74, 6) is -0.742. The Kier molecular flexibility index (Phi) is 5.90. The minimum Gasteiger partial charge on any atom is -0.394 e. The van der Waals surface area contributed by atoms with Gasteiger partial charge in [-0.05, 0) is 50.7 Å². The summed E-state index contributed by atoms with van der Waals surface area (Å²) >= 11 is 1.28. The number of carbonyl (C=O) groups excluding carboxylic acids is 2. The van der Waals surface area contributed by atoms with E-state index < -0.39 is 18.6 Å². The van der Waals surface area contributed by atoms with Crippen molar-refractivity contribution in [2.45, 2.75) is 25.3 Å². The molecule has 0 aliphatic heterocycles. The van der Waals surface area contributed by atoms with Crippen LogP contribution in [0.15, 0.2) is 66.2 Å². The van der Waals surface area contributed by atoms with Crippen molar-refractivity contribution in [1.29, 1.82) is 0 Å². The number of hydrogen-bond donors (Lipinski definition) is 3. The first kappa shape index (κ1) is 21.3. The average molecular weight is 458 g/mol. The quantitative estimate of drug-likeness (QED) is 0.300. The van der Waals surface area contributed by atoms with Crippen LogP contribution in [0.2, 0.25) is 0 Å². The third-order valence-corrected chi connectivity index (χ3v) is 6.65. The molecule has 0 spiro atoms. The first-order valence-electron chi connectivity index (χ1n) is 10.9. The van der Waals surface area contributed by atoms with Crippen molar-refractivity contribution in [3.8, 4) is 0 Å². The molecule has 166 valence electrons. The van der Waals surface area contributed by atoms with E-state index in [9.17, 15) is 14.7 Å². The summed E-state index contributed by atoms with van der Waals surface area (Å²) in [7, 11) is 0. The van der Waals surface area contributed by atoms with E-state index in [1.807, 2.05) is 0 Å². The summed E-state index contributed by atoms with van der Waals surface area (Å²) < 4.78 is 0. The highest BCUT2D eigenvalue weighted by Crippen LogP contribution is 2.36. The van der Waals surface area contributed by atoms with E-state index in [4.69, 9.17) is 0 Å². The van der Waals surface area contributed by atoms with Gasteiger partial charge in [-0.25, -0.2) is 4.98 Å². The van der Waals surface area contributed by atoms with Gasteiger partial charge in [-0.15, -0.1) is 11.3 Å². The van der Waals surface area contributed by atoms with Crippen LogP contribution in [0, 0.1) is 0 Å². The zero-order chi connectivity index (χ0) is 22.8. The molecule has 7 heteroatoms. The molecule has 0 aliphatic rings. The molecule has 5 rings (SSSR count). The largest absolute Gasteiger partial charge is 0.394 e. The molecule has 6 nitrogen and oxygen atoms in total. The second-order valence-corrected chi connectivity index (χ2v) is 8.96. The van der Waals surface area contributed by atoms with Gasteiger partial charge < -0.3 is 15.7 Å². The van der Waals surface area contributed by atoms with Crippen LogP contribution in [0.25, 0.3) is 32.3 Å². The summed E-state index contributed by atoms with van der Waals surface area (Å²) in [5, 5.41) is 24.4. The second-order valence-electron chi connectivity index (χ2n) is 8.06. The number of aliphatic hydroxyl groups is 1. The topological polar surface area (TPSA) is 91.3 Å². The fraction of sp³-hybridized carbons (Fsp3) is 0.192. The van der Waals surface area contributed by atoms with Crippen molar-refractivity contribution in [2.75, 3.05) is 11.9 Å². The maximum Gasteiger partial charge on any atom is 0.251 e. The Morgan fingerprint density at radius 1 is 0.970 bits per heavy atom. The van der Waals surface area contributed by atoms with Gasteiger partial charge in [0, 0.05) is 18.0 Å². The standard InChI is InChI=1S/C26H23N3O3S/c30-15-21(25(32)29-26-27-13-14-33-26)28-22(31)6-2-3-16-7-8-19-10-9-17-4-1-5-18-11-12-20(16)24(19)23(17)18/h1,4-5,7-14,21,30H,2-3,6,15H2,(H,28,31)(H,27,29,32)/t21-/m0/s1. The van der Waals surface area contributed by atoms with Gasteiger partial charge in [0.25, 0.3) is 5.91 Å². The Bertz CT molecular complexity index is 1420. The Labute approximate surface area is 194 Å². The van der Waals surface area contributed by atoms with Crippen LogP contribution < -0.4 is 10.6 Å². The fourth-order valence-corrected chi connectivity index (χ4v) is 4.92. The van der Waals surface area contributed by atoms with Gasteiger partial charge in [0.15, 0.2) is 5.13 Å². The Morgan fingerprint density at radius 3 is 2.42 bits per heavy atom. The van der Waals surface area contributed by atoms with Crippen LogP contribution in [0.5, 0.6) is 0 Å². The zero-order valence-corrected chi connectivity index (χ0v) is 18.7. The molecule has 1 heterocycles. The number of benzene rings is 4. The number of nitrogens with one attached hydrogen (secondary N) is 2. The van der Waals surface area contributed by atoms with E-state index in [2.05, 4.69) is 70.2 Å². The minimum atomic E-state index is -1.00. The van der Waals surface area contributed by atoms with E-state index in [1.165, 1.54) is 49.2 Å². The number of aromatic nitrogens is 1. The summed E-state index contributed by atoms with van der Waals surface area (Å²) in [6.45, 7) is -0.474. The van der Waals surface area contributed by atoms with Crippen molar-refractivity contribution in [3.63, 3.8) is 0 Å². The Morgan fingerprint density at radius 2 is 1.70 bits per heavy atom. The molecule has 33 heavy (non-hydrogen) atoms. The van der Waals surface area contributed by atoms with Crippen LogP contribution in [0.1, 0.15) is 18.4 Å². The Balaban J connectivity index is 1.26. The molecule has 0 saturated heterocycles. The SMILES string of the molecule is O=C(CCCc1ccc2ccc3cccc4ccc1c2c34)N[C@@H](CO)C(=O)Nc1nccs1. The molecule has 2 amide bonds. The summed E-state index contributed by atoms with van der Waals surface area (Å²) in [6, 6.07) is 18.3. The Hall–Kier alpha value is -3.55. The summed E-state index contributed by atoms with van der Waals surface area (Å²) in [4.78, 5) is 28.7. The first-order chi connectivity index (χ1) is 16.1. The van der Waals surface area contributed by atoms with E-state index in [-0.39, 0.29) is 12.3 Å². The van der Waals surface area contributed by atoms with Crippen LogP contribution in [-0.4, -0.2) is 34.6 Å². The molecule has 5 aromatic rings. The van der Waals surface area contributed by atoms with Gasteiger partial charge in [0.05, 0.1) is 6.61 Å². The van der Waals surface area contributed by atoms with Crippen molar-refractivity contribution in [3.05, 3.63) is 71.7 Å². The first-order valence-corrected chi connectivity index (χ1v) is 11.8. The highest BCUT2D eigenvalue weighted by Gasteiger charge is 2.20. The molecule has 0 aliphatic carbocycles. The molecule has 1 atom stereocenters. The zero-order valence-electron chi connectivity index (χ0n) is 17.9. The number of hydrogen-bond acceptors (Lipinski definition) is 5. The van der Waals surface area contributed by atoms with Crippen LogP contribution in [0.4, 0.5) is 5.13 Å². The van der Waals surface area contributed by atoms with Crippen molar-refractivity contribution in [2.24, 2.45) is 0 Å². The van der Waals surface area contributed by atoms with Crippen LogP contribution >= 0.6 is 11.3 Å². The lowest BCUT2D eigenvalue weighted by molar-refractivity contribution is -0.127. The van der Waals surface area contributed by atoms with Gasteiger partial charge in [-0.3, -0.25) is 9.59 Å². The van der Waals surface area contributed by atoms with E-state index in [0.29, 0.717) is 11.6 Å². The molecule has 0 radical (unpaired) electrons. The normalized spacial score (nSPS) is 12.4. The molecule has 3 N–H and O–H groups in total. The molecule has 0 saturated carbocycles. The van der Waals surface area contributed by atoms with E-state index in [0.717, 1.165) is 6.42 Å². The predicted molar refractivity (Wildman–Crippen MR) is 133 cm³/mol. The van der Waals surface area contributed by atoms with Crippen molar-refractivity contribution >= 4 is 60.6 Å². The monoisotopic (exact) mass is 457 g/mol. The average Bonchev–Trinajstić information content (AvgIpc) is 3.34. The molecule has 4 aromatic carbocycles. The van der Waals surface area contributed by atoms with Gasteiger partial charge >= 0.3 is 0 Å². The molecule has 0 unspecified atom stereocenters. The fourth-order valence-electron chi connectivity index (χ4n) is 4.39.